The molecule has 3 heteroatoms. The number of phenolic OH excluding ortho intramolecular Hbond substituents is 1. The molecule has 27 heavy (non-hydrogen) atoms. The monoisotopic (exact) mass is 354 g/mol. The molecular weight excluding hydrogens is 336 g/mol. The van der Waals surface area contributed by atoms with Crippen molar-refractivity contribution in [1.82, 2.24) is 0 Å². The van der Waals surface area contributed by atoms with Gasteiger partial charge in [0.25, 0.3) is 0 Å². The first-order valence-electron chi connectivity index (χ1n) is 8.44. The van der Waals surface area contributed by atoms with Gasteiger partial charge in [-0.15, -0.1) is 0 Å². The average molecular weight is 354 g/mol. The van der Waals surface area contributed by atoms with Crippen LogP contribution in [0.25, 0.3) is 17.2 Å². The summed E-state index contributed by atoms with van der Waals surface area (Å²) in [6.45, 7) is 2.03. The Morgan fingerprint density at radius 3 is 2.33 bits per heavy atom. The zero-order chi connectivity index (χ0) is 19.2. The van der Waals surface area contributed by atoms with Crippen molar-refractivity contribution in [2.45, 2.75) is 6.92 Å². The third-order valence-electron chi connectivity index (χ3n) is 4.09. The first-order valence-corrected chi connectivity index (χ1v) is 8.44. The number of carbonyl (C=O) groups is 1. The highest BCUT2D eigenvalue weighted by atomic mass is 16.4. The van der Waals surface area contributed by atoms with Crippen LogP contribution in [0.1, 0.15) is 27.0 Å². The number of hydrogen-bond donors (Lipinski definition) is 2. The van der Waals surface area contributed by atoms with Crippen molar-refractivity contribution < 1.29 is 15.0 Å². The predicted molar refractivity (Wildman–Crippen MR) is 108 cm³/mol. The number of hydrogen-bond acceptors (Lipinski definition) is 2. The molecule has 0 aliphatic rings. The van der Waals surface area contributed by atoms with E-state index in [1.165, 1.54) is 17.7 Å². The molecule has 3 nitrogen and oxygen atoms in total. The van der Waals surface area contributed by atoms with Crippen LogP contribution < -0.4 is 0 Å². The van der Waals surface area contributed by atoms with Gasteiger partial charge in [0.15, 0.2) is 0 Å². The Balaban J connectivity index is 1.84. The van der Waals surface area contributed by atoms with Crippen molar-refractivity contribution in [3.05, 3.63) is 95.1 Å². The lowest BCUT2D eigenvalue weighted by Gasteiger charge is -2.07. The van der Waals surface area contributed by atoms with E-state index in [0.29, 0.717) is 0 Å². The molecule has 3 rings (SSSR count). The maximum Gasteiger partial charge on any atom is 0.335 e. The number of aromatic carboxylic acids is 1. The van der Waals surface area contributed by atoms with Crippen molar-refractivity contribution in [3.8, 4) is 28.7 Å². The fourth-order valence-corrected chi connectivity index (χ4v) is 2.63. The Kier molecular flexibility index (Phi) is 5.39. The molecule has 3 aromatic carbocycles. The Labute approximate surface area is 158 Å². The van der Waals surface area contributed by atoms with Gasteiger partial charge in [0.2, 0.25) is 0 Å². The van der Waals surface area contributed by atoms with E-state index in [0.717, 1.165) is 22.3 Å². The molecule has 0 saturated heterocycles. The summed E-state index contributed by atoms with van der Waals surface area (Å²) >= 11 is 0. The van der Waals surface area contributed by atoms with Crippen molar-refractivity contribution >= 4 is 12.0 Å². The number of aromatic hydroxyl groups is 1. The molecule has 0 bridgehead atoms. The Morgan fingerprint density at radius 1 is 0.963 bits per heavy atom. The molecular formula is C24H18O3. The van der Waals surface area contributed by atoms with Crippen molar-refractivity contribution in [2.24, 2.45) is 0 Å². The lowest BCUT2D eigenvalue weighted by Crippen LogP contribution is -1.94. The molecule has 0 aromatic heterocycles. The first kappa shape index (κ1) is 18.0. The van der Waals surface area contributed by atoms with E-state index in [9.17, 15) is 9.90 Å². The number of rotatable bonds is 3. The zero-order valence-corrected chi connectivity index (χ0v) is 14.8. The largest absolute Gasteiger partial charge is 0.508 e. The van der Waals surface area contributed by atoms with Crippen molar-refractivity contribution in [1.29, 1.82) is 0 Å². The Bertz CT molecular complexity index is 1050. The van der Waals surface area contributed by atoms with Crippen molar-refractivity contribution in [3.63, 3.8) is 0 Å². The summed E-state index contributed by atoms with van der Waals surface area (Å²) in [6.07, 6.45) is 3.64. The standard InChI is InChI=1S/C24H18O3/c1-17-6-10-20(11-7-17)23-16-22(25)15-14-19(23)5-3-2-4-18-8-12-21(13-9-18)24(26)27/h3,5-16,25H,1H3,(H,26,27). The fourth-order valence-electron chi connectivity index (χ4n) is 2.63. The normalized spacial score (nSPS) is 10.4. The molecule has 0 saturated carbocycles. The topological polar surface area (TPSA) is 57.5 Å². The van der Waals surface area contributed by atoms with Crippen LogP contribution in [0, 0.1) is 18.8 Å². The van der Waals surface area contributed by atoms with Gasteiger partial charge in [-0.2, -0.15) is 0 Å². The van der Waals surface area contributed by atoms with Gasteiger partial charge in [0, 0.05) is 5.56 Å². The third kappa shape index (κ3) is 4.65. The molecule has 0 radical (unpaired) electrons. The predicted octanol–water partition coefficient (Wildman–Crippen LogP) is 5.13. The molecule has 0 heterocycles. The minimum Gasteiger partial charge on any atom is -0.508 e. The number of carboxylic acids is 1. The number of allylic oxidation sites excluding steroid dienone is 1. The van der Waals surface area contributed by atoms with Gasteiger partial charge >= 0.3 is 5.97 Å². The molecule has 0 unspecified atom stereocenters. The fraction of sp³-hybridized carbons (Fsp3) is 0.0417. The van der Waals surface area contributed by atoms with Crippen LogP contribution in [0.15, 0.2) is 72.8 Å². The first-order chi connectivity index (χ1) is 13.0. The number of aryl methyl sites for hydroxylation is 1. The summed E-state index contributed by atoms with van der Waals surface area (Å²) in [5.74, 6) is 5.20. The maximum atomic E-state index is 10.9. The van der Waals surface area contributed by atoms with E-state index in [1.54, 1.807) is 30.3 Å². The van der Waals surface area contributed by atoms with E-state index in [1.807, 2.05) is 43.3 Å². The number of phenols is 1. The van der Waals surface area contributed by atoms with E-state index >= 15 is 0 Å². The zero-order valence-electron chi connectivity index (χ0n) is 14.8. The second-order valence-electron chi connectivity index (χ2n) is 6.12. The van der Waals surface area contributed by atoms with Crippen LogP contribution in [-0.4, -0.2) is 16.2 Å². The van der Waals surface area contributed by atoms with Gasteiger partial charge < -0.3 is 10.2 Å². The van der Waals surface area contributed by atoms with Gasteiger partial charge in [-0.25, -0.2) is 4.79 Å². The number of benzene rings is 3. The lowest BCUT2D eigenvalue weighted by atomic mass is 9.98. The Morgan fingerprint density at radius 2 is 1.67 bits per heavy atom. The van der Waals surface area contributed by atoms with Crippen LogP contribution in [0.5, 0.6) is 5.75 Å². The van der Waals surface area contributed by atoms with Crippen LogP contribution in [0.2, 0.25) is 0 Å². The summed E-state index contributed by atoms with van der Waals surface area (Å²) < 4.78 is 0. The van der Waals surface area contributed by atoms with E-state index < -0.39 is 5.97 Å². The molecule has 0 aliphatic carbocycles. The van der Waals surface area contributed by atoms with E-state index in [4.69, 9.17) is 5.11 Å². The highest BCUT2D eigenvalue weighted by Gasteiger charge is 2.04. The van der Waals surface area contributed by atoms with Gasteiger partial charge in [0.05, 0.1) is 5.56 Å². The SMILES string of the molecule is Cc1ccc(-c2cc(O)ccc2C=CC#Cc2ccc(C(=O)O)cc2)cc1. The van der Waals surface area contributed by atoms with E-state index in [2.05, 4.69) is 11.8 Å². The lowest BCUT2D eigenvalue weighted by molar-refractivity contribution is 0.0697. The molecule has 0 atom stereocenters. The van der Waals surface area contributed by atoms with E-state index in [-0.39, 0.29) is 11.3 Å². The van der Waals surface area contributed by atoms with Gasteiger partial charge in [0.1, 0.15) is 5.75 Å². The van der Waals surface area contributed by atoms with Crippen molar-refractivity contribution in [2.75, 3.05) is 0 Å². The molecule has 0 spiro atoms. The minimum atomic E-state index is -0.953. The summed E-state index contributed by atoms with van der Waals surface area (Å²) in [5.41, 5.74) is 5.06. The smallest absolute Gasteiger partial charge is 0.335 e. The van der Waals surface area contributed by atoms with Gasteiger partial charge in [-0.3, -0.25) is 0 Å². The quantitative estimate of drug-likeness (QED) is 0.641. The highest BCUT2D eigenvalue weighted by Crippen LogP contribution is 2.28. The summed E-state index contributed by atoms with van der Waals surface area (Å²) in [7, 11) is 0. The maximum absolute atomic E-state index is 10.9. The van der Waals surface area contributed by atoms with Crippen LogP contribution in [0.4, 0.5) is 0 Å². The van der Waals surface area contributed by atoms with Crippen LogP contribution in [0.3, 0.4) is 0 Å². The molecule has 0 fully saturated rings. The average Bonchev–Trinajstić information content (AvgIpc) is 2.67. The van der Waals surface area contributed by atoms with Crippen LogP contribution in [-0.2, 0) is 0 Å². The second-order valence-corrected chi connectivity index (χ2v) is 6.12. The second kappa shape index (κ2) is 8.07. The summed E-state index contributed by atoms with van der Waals surface area (Å²) in [5, 5.41) is 18.7. The minimum absolute atomic E-state index is 0.215. The Hall–Kier alpha value is -3.77. The van der Waals surface area contributed by atoms with Gasteiger partial charge in [-0.1, -0.05) is 47.7 Å². The molecule has 0 aliphatic heterocycles. The van der Waals surface area contributed by atoms with Crippen LogP contribution >= 0.6 is 0 Å². The molecule has 3 aromatic rings. The molecule has 0 amide bonds. The number of carboxylic acid groups (broad SMARTS) is 1. The molecule has 132 valence electrons. The van der Waals surface area contributed by atoms with Gasteiger partial charge in [-0.05, 0) is 72.2 Å². The molecule has 2 N–H and O–H groups in total. The summed E-state index contributed by atoms with van der Waals surface area (Å²) in [6, 6.07) is 19.8. The highest BCUT2D eigenvalue weighted by molar-refractivity contribution is 5.87. The summed E-state index contributed by atoms with van der Waals surface area (Å²) in [4.78, 5) is 10.9. The third-order valence-corrected chi connectivity index (χ3v) is 4.09.